The van der Waals surface area contributed by atoms with E-state index in [1.165, 1.54) is 22.3 Å². The Labute approximate surface area is 422 Å². The molecule has 10 nitrogen and oxygen atoms in total. The molecule has 2 heterocycles. The molecule has 0 radical (unpaired) electrons. The van der Waals surface area contributed by atoms with Crippen molar-refractivity contribution in [3.63, 3.8) is 0 Å². The van der Waals surface area contributed by atoms with Crippen LogP contribution in [0, 0.1) is 55.4 Å². The Morgan fingerprint density at radius 1 is 0.412 bits per heavy atom. The van der Waals surface area contributed by atoms with E-state index in [2.05, 4.69) is 92.9 Å². The number of halogens is 4. The Balaban J connectivity index is 0.000000238. The van der Waals surface area contributed by atoms with Gasteiger partial charge in [-0.2, -0.15) is 9.97 Å². The average Bonchev–Trinajstić information content (AvgIpc) is 3.26. The monoisotopic (exact) mass is 1010 g/mol. The van der Waals surface area contributed by atoms with Gasteiger partial charge in [-0.25, -0.2) is 50.1 Å². The number of phenolic OH excluding ortho intramolecular Hbond substituents is 2. The van der Waals surface area contributed by atoms with Gasteiger partial charge in [0.05, 0.1) is 19.8 Å². The summed E-state index contributed by atoms with van der Waals surface area (Å²) in [6.07, 6.45) is 0. The summed E-state index contributed by atoms with van der Waals surface area (Å²) < 4.78 is 10.0. The fraction of sp³-hybridized carbons (Fsp3) is 0.208. The van der Waals surface area contributed by atoms with Crippen LogP contribution in [0.25, 0.3) is 56.9 Å². The summed E-state index contributed by atoms with van der Waals surface area (Å²) in [6.45, 7) is 16.5. The summed E-state index contributed by atoms with van der Waals surface area (Å²) in [4.78, 5) is 27.5. The molecule has 0 spiro atoms. The van der Waals surface area contributed by atoms with E-state index >= 15 is 0 Å². The third-order valence-corrected chi connectivity index (χ3v) is 10.4. The van der Waals surface area contributed by atoms with E-state index in [-0.39, 0.29) is 24.2 Å². The topological polar surface area (TPSA) is 136 Å². The van der Waals surface area contributed by atoms with Crippen LogP contribution in [0.4, 0.5) is 0 Å². The van der Waals surface area contributed by atoms with Crippen LogP contribution < -0.4 is 9.47 Å². The number of rotatable bonds is 7. The van der Waals surface area contributed by atoms with Gasteiger partial charge in [0, 0.05) is 34.4 Å². The van der Waals surface area contributed by atoms with Gasteiger partial charge in [-0.05, 0) is 114 Å². The lowest BCUT2D eigenvalue weighted by Gasteiger charge is -2.13. The Hall–Kier alpha value is -5.77. The van der Waals surface area contributed by atoms with Crippen LogP contribution in [0.2, 0.25) is 5.28 Å². The fourth-order valence-corrected chi connectivity index (χ4v) is 7.18. The number of hydrogen-bond acceptors (Lipinski definition) is 10. The smallest absolute Gasteiger partial charge is 0.508 e. The molecule has 0 aliphatic heterocycles. The number of aromatic hydroxyl groups is 2. The molecule has 0 aliphatic carbocycles. The normalized spacial score (nSPS) is 10.2. The maximum atomic E-state index is 10.6. The third-order valence-electron chi connectivity index (χ3n) is 10.2. The number of ether oxygens (including phenoxy) is 2. The lowest BCUT2D eigenvalue weighted by Crippen LogP contribution is -2.02. The Kier molecular flexibility index (Phi) is 20.6. The molecule has 6 aromatic carbocycles. The molecule has 0 fully saturated rings. The minimum Gasteiger partial charge on any atom is -0.508 e. The highest BCUT2D eigenvalue weighted by Gasteiger charge is 2.18. The van der Waals surface area contributed by atoms with Gasteiger partial charge in [0.25, 0.3) is 0 Å². The minimum atomic E-state index is -1.72. The molecule has 0 saturated carbocycles. The molecule has 0 unspecified atom stereocenters. The van der Waals surface area contributed by atoms with Gasteiger partial charge in [0.1, 0.15) is 23.0 Å². The number of aryl methyl sites for hydroxylation is 8. The molecule has 0 atom stereocenters. The van der Waals surface area contributed by atoms with Crippen molar-refractivity contribution in [1.82, 2.24) is 29.9 Å². The van der Waals surface area contributed by atoms with Crippen LogP contribution in [0.3, 0.4) is 0 Å². The zero-order valence-corrected chi connectivity index (χ0v) is 43.1. The van der Waals surface area contributed by atoms with Gasteiger partial charge in [-0.3, -0.25) is 0 Å². The van der Waals surface area contributed by atoms with Crippen molar-refractivity contribution in [3.8, 4) is 79.9 Å². The first-order valence-electron chi connectivity index (χ1n) is 21.0. The van der Waals surface area contributed by atoms with Crippen molar-refractivity contribution >= 4 is 53.1 Å². The van der Waals surface area contributed by atoms with E-state index in [4.69, 9.17) is 71.3 Å². The summed E-state index contributed by atoms with van der Waals surface area (Å²) in [5, 5.41) is 19.7. The number of nitrogens with zero attached hydrogens (tertiary/aromatic N) is 6. The Morgan fingerprint density at radius 3 is 1.01 bits per heavy atom. The van der Waals surface area contributed by atoms with Crippen molar-refractivity contribution in [1.29, 1.82) is 0 Å². The van der Waals surface area contributed by atoms with Crippen LogP contribution in [-0.4, -0.2) is 65.7 Å². The molecular weight excluding hydrogens is 953 g/mol. The Bertz CT molecular complexity index is 2850. The van der Waals surface area contributed by atoms with Crippen LogP contribution in [0.1, 0.15) is 51.9 Å². The summed E-state index contributed by atoms with van der Waals surface area (Å²) >= 11 is 4.43. The van der Waals surface area contributed by atoms with Gasteiger partial charge in [0.15, 0.2) is 29.1 Å². The average molecular weight is 1010 g/mol. The third kappa shape index (κ3) is 15.4. The second-order valence-electron chi connectivity index (χ2n) is 15.7. The van der Waals surface area contributed by atoms with Gasteiger partial charge >= 0.3 is 11.4 Å². The van der Waals surface area contributed by atoms with Crippen molar-refractivity contribution in [2.75, 3.05) is 14.2 Å². The first kappa shape index (κ1) is 54.8. The van der Waals surface area contributed by atoms with E-state index in [1.54, 1.807) is 56.7 Å². The van der Waals surface area contributed by atoms with E-state index in [9.17, 15) is 5.11 Å². The predicted octanol–water partition coefficient (Wildman–Crippen LogP) is 14.6. The van der Waals surface area contributed by atoms with Gasteiger partial charge in [-0.1, -0.05) is 109 Å². The summed E-state index contributed by atoms with van der Waals surface area (Å²) in [5.41, 5.74) is 13.6. The zero-order chi connectivity index (χ0) is 48.9. The number of benzene rings is 6. The van der Waals surface area contributed by atoms with E-state index in [0.29, 0.717) is 46.2 Å². The van der Waals surface area contributed by atoms with E-state index in [1.807, 2.05) is 50.2 Å². The van der Waals surface area contributed by atoms with Gasteiger partial charge in [-0.15, -0.1) is 0 Å². The summed E-state index contributed by atoms with van der Waals surface area (Å²) in [6, 6.07) is 36.6. The molecule has 15 heteroatoms. The molecule has 8 rings (SSSR count). The van der Waals surface area contributed by atoms with Crippen molar-refractivity contribution in [3.05, 3.63) is 165 Å². The van der Waals surface area contributed by atoms with Gasteiger partial charge in [0.2, 0.25) is 5.28 Å². The lowest BCUT2D eigenvalue weighted by atomic mass is 10.0. The fourth-order valence-electron chi connectivity index (χ4n) is 7.02. The van der Waals surface area contributed by atoms with E-state index < -0.39 is 11.4 Å². The molecule has 0 bridgehead atoms. The highest BCUT2D eigenvalue weighted by atomic mass is 35.8. The zero-order valence-electron chi connectivity index (χ0n) is 39.0. The first-order chi connectivity index (χ1) is 31.8. The van der Waals surface area contributed by atoms with Crippen LogP contribution >= 0.6 is 41.7 Å². The van der Waals surface area contributed by atoms with Gasteiger partial charge < -0.3 is 19.7 Å². The summed E-state index contributed by atoms with van der Waals surface area (Å²) in [5.74, 6) is 4.32. The molecular formula is C53H55AlCl4N6O4. The largest absolute Gasteiger partial charge is 0.643 e. The van der Waals surface area contributed by atoms with Crippen LogP contribution in [-0.2, 0) is 0 Å². The predicted molar refractivity (Wildman–Crippen MR) is 283 cm³/mol. The molecule has 0 amide bonds. The standard InChI is InChI=1S/C26H25N3O2.C19H18ClN3.C7H8O2.CH4.Al.3ClH/c1-15-6-9-20(17(3)12-15)24-27-25(21-10-7-16(2)13-18(21)4)29-26(28-24)22-11-8-19(31-5)14-23(22)30;1-11-5-7-15(13(3)9-11)17-21-18(23-19(20)22-17)16-8-6-12(2)10-14(16)4;1-9-7-4-2-3-6(8)5-7;;;;;/h6-14,30H,1-5H3;5-10H,1-4H3;2-5,8H,1H3;1H4;;3*1H/q;;;;+3;;;/p-3. The van der Waals surface area contributed by atoms with Crippen LogP contribution in [0.15, 0.2) is 115 Å². The lowest BCUT2D eigenvalue weighted by molar-refractivity contribution is 0.407. The maximum absolute atomic E-state index is 10.6. The summed E-state index contributed by atoms with van der Waals surface area (Å²) in [7, 11) is 18.0. The van der Waals surface area contributed by atoms with Crippen molar-refractivity contribution in [2.24, 2.45) is 0 Å². The Morgan fingerprint density at radius 2 is 0.721 bits per heavy atom. The molecule has 0 aliphatic rings. The molecule has 2 aromatic heterocycles. The second kappa shape index (κ2) is 25.6. The molecule has 8 aromatic rings. The number of aromatic nitrogens is 6. The number of hydrogen-bond donors (Lipinski definition) is 2. The van der Waals surface area contributed by atoms with Crippen LogP contribution in [0.5, 0.6) is 23.0 Å². The van der Waals surface area contributed by atoms with Crippen molar-refractivity contribution in [2.45, 2.75) is 62.8 Å². The molecule has 352 valence electrons. The molecule has 68 heavy (non-hydrogen) atoms. The molecule has 0 saturated heterocycles. The van der Waals surface area contributed by atoms with E-state index in [0.717, 1.165) is 44.5 Å². The molecule has 2 N–H and O–H groups in total. The SMILES string of the molecule is C.COc1ccc(-c2nc(-c3ccc(C)cc3C)nc(-c3ccc(C)cc3C)n2)c(O)c1.COc1cccc(O)c1.Cc1ccc(-c2nc(Cl)nc(-c3ccc(C)cc3C)n2)c(C)c1.[Cl][Al]([Cl])[Cl]. The number of phenols is 2. The second-order valence-corrected chi connectivity index (χ2v) is 22.4. The highest BCUT2D eigenvalue weighted by Crippen LogP contribution is 2.34. The first-order valence-corrected chi connectivity index (χ1v) is 26.6. The minimum absolute atomic E-state index is 0. The highest BCUT2D eigenvalue weighted by molar-refractivity contribution is 7.54. The quantitative estimate of drug-likeness (QED) is 0.149. The van der Waals surface area contributed by atoms with Crippen molar-refractivity contribution < 1.29 is 19.7 Å². The number of methoxy groups -OCH3 is 2. The maximum Gasteiger partial charge on any atom is 0.643 e.